The van der Waals surface area contributed by atoms with Crippen LogP contribution in [0.4, 0.5) is 4.39 Å². The van der Waals surface area contributed by atoms with E-state index in [-0.39, 0.29) is 11.6 Å². The smallest absolute Gasteiger partial charge is 0.330 e. The molecule has 1 rings (SSSR count). The number of carbonyl (C=O) groups excluding carboxylic acids is 1. The van der Waals surface area contributed by atoms with E-state index in [0.717, 1.165) is 6.54 Å². The summed E-state index contributed by atoms with van der Waals surface area (Å²) in [5.41, 5.74) is -0.612. The zero-order chi connectivity index (χ0) is 16.0. The molecule has 0 heterocycles. The third kappa shape index (κ3) is 4.66. The minimum atomic E-state index is -1.11. The van der Waals surface area contributed by atoms with Crippen molar-refractivity contribution in [1.29, 1.82) is 0 Å². The number of benzene rings is 1. The molecule has 1 unspecified atom stereocenters. The Labute approximate surface area is 130 Å². The van der Waals surface area contributed by atoms with E-state index in [2.05, 4.69) is 5.32 Å². The van der Waals surface area contributed by atoms with Crippen LogP contribution in [0.3, 0.4) is 0 Å². The normalized spacial score (nSPS) is 14.0. The monoisotopic (exact) mass is 316 g/mol. The van der Waals surface area contributed by atoms with Crippen molar-refractivity contribution in [2.45, 2.75) is 19.4 Å². The standard InChI is InChI=1S/C15H22ClFN2O2/c1-5-21-14(20)15(2,18-8-9-19(3)4)12-7-6-11(17)10-13(12)16/h6-7,10,18H,5,8-9H2,1-4H3. The van der Waals surface area contributed by atoms with Gasteiger partial charge in [-0.1, -0.05) is 17.7 Å². The van der Waals surface area contributed by atoms with Crippen molar-refractivity contribution in [1.82, 2.24) is 10.2 Å². The molecule has 1 aromatic rings. The average Bonchev–Trinajstić information content (AvgIpc) is 2.38. The highest BCUT2D eigenvalue weighted by molar-refractivity contribution is 6.31. The number of nitrogens with one attached hydrogen (secondary N) is 1. The van der Waals surface area contributed by atoms with Gasteiger partial charge in [-0.25, -0.2) is 9.18 Å². The van der Waals surface area contributed by atoms with Crippen molar-refractivity contribution in [2.75, 3.05) is 33.8 Å². The molecule has 0 bridgehead atoms. The molecule has 0 radical (unpaired) electrons. The molecule has 0 saturated heterocycles. The van der Waals surface area contributed by atoms with Crippen LogP contribution in [-0.2, 0) is 15.1 Å². The number of esters is 1. The molecular formula is C15H22ClFN2O2. The summed E-state index contributed by atoms with van der Waals surface area (Å²) in [5.74, 6) is -0.875. The van der Waals surface area contributed by atoms with E-state index in [0.29, 0.717) is 12.1 Å². The van der Waals surface area contributed by atoms with Gasteiger partial charge in [-0.05, 0) is 40.1 Å². The van der Waals surface area contributed by atoms with Crippen molar-refractivity contribution < 1.29 is 13.9 Å². The van der Waals surface area contributed by atoms with Gasteiger partial charge in [-0.2, -0.15) is 0 Å². The number of carbonyl (C=O) groups is 1. The highest BCUT2D eigenvalue weighted by Crippen LogP contribution is 2.30. The van der Waals surface area contributed by atoms with Gasteiger partial charge in [0.25, 0.3) is 0 Å². The second-order valence-corrected chi connectivity index (χ2v) is 5.61. The van der Waals surface area contributed by atoms with E-state index in [1.807, 2.05) is 19.0 Å². The van der Waals surface area contributed by atoms with Crippen LogP contribution >= 0.6 is 11.6 Å². The quantitative estimate of drug-likeness (QED) is 0.784. The van der Waals surface area contributed by atoms with Gasteiger partial charge in [0.2, 0.25) is 0 Å². The maximum atomic E-state index is 13.2. The first kappa shape index (κ1) is 17.9. The van der Waals surface area contributed by atoms with E-state index >= 15 is 0 Å². The Bertz CT molecular complexity index is 497. The fourth-order valence-electron chi connectivity index (χ4n) is 1.98. The van der Waals surface area contributed by atoms with Crippen molar-refractivity contribution >= 4 is 17.6 Å². The lowest BCUT2D eigenvalue weighted by Crippen LogP contribution is -2.49. The number of nitrogens with zero attached hydrogens (tertiary/aromatic N) is 1. The molecular weight excluding hydrogens is 295 g/mol. The fourth-order valence-corrected chi connectivity index (χ4v) is 2.33. The predicted octanol–water partition coefficient (Wildman–Crippen LogP) is 2.41. The maximum absolute atomic E-state index is 13.2. The van der Waals surface area contributed by atoms with Crippen LogP contribution in [0.2, 0.25) is 5.02 Å². The fraction of sp³-hybridized carbons (Fsp3) is 0.533. The molecule has 4 nitrogen and oxygen atoms in total. The molecule has 0 fully saturated rings. The SMILES string of the molecule is CCOC(=O)C(C)(NCCN(C)C)c1ccc(F)cc1Cl. The minimum Gasteiger partial charge on any atom is -0.464 e. The highest BCUT2D eigenvalue weighted by Gasteiger charge is 2.38. The lowest BCUT2D eigenvalue weighted by atomic mass is 9.91. The van der Waals surface area contributed by atoms with Gasteiger partial charge in [-0.3, -0.25) is 5.32 Å². The summed E-state index contributed by atoms with van der Waals surface area (Å²) in [6, 6.07) is 3.99. The van der Waals surface area contributed by atoms with E-state index in [1.54, 1.807) is 13.8 Å². The topological polar surface area (TPSA) is 41.6 Å². The summed E-state index contributed by atoms with van der Waals surface area (Å²) in [5, 5.41) is 3.36. The van der Waals surface area contributed by atoms with Crippen LogP contribution in [0.1, 0.15) is 19.4 Å². The Kier molecular flexibility index (Phi) is 6.58. The largest absolute Gasteiger partial charge is 0.464 e. The van der Waals surface area contributed by atoms with Gasteiger partial charge in [0.1, 0.15) is 11.4 Å². The number of hydrogen-bond donors (Lipinski definition) is 1. The summed E-state index contributed by atoms with van der Waals surface area (Å²) in [6.45, 7) is 5.01. The first-order chi connectivity index (χ1) is 9.81. The Balaban J connectivity index is 3.08. The molecule has 0 amide bonds. The van der Waals surface area contributed by atoms with Gasteiger partial charge in [0.05, 0.1) is 6.61 Å². The zero-order valence-electron chi connectivity index (χ0n) is 12.9. The highest BCUT2D eigenvalue weighted by atomic mass is 35.5. The molecule has 21 heavy (non-hydrogen) atoms. The van der Waals surface area contributed by atoms with Crippen molar-refractivity contribution in [3.63, 3.8) is 0 Å². The molecule has 1 aromatic carbocycles. The van der Waals surface area contributed by atoms with Gasteiger partial charge in [-0.15, -0.1) is 0 Å². The second-order valence-electron chi connectivity index (χ2n) is 5.20. The average molecular weight is 317 g/mol. The molecule has 1 N–H and O–H groups in total. The third-order valence-electron chi connectivity index (χ3n) is 3.19. The molecule has 0 saturated carbocycles. The molecule has 0 aliphatic carbocycles. The molecule has 0 aliphatic rings. The number of ether oxygens (including phenoxy) is 1. The van der Waals surface area contributed by atoms with Gasteiger partial charge in [0.15, 0.2) is 0 Å². The second kappa shape index (κ2) is 7.73. The number of halogens is 2. The summed E-state index contributed by atoms with van der Waals surface area (Å²) >= 11 is 6.10. The van der Waals surface area contributed by atoms with Gasteiger partial charge in [0, 0.05) is 23.7 Å². The van der Waals surface area contributed by atoms with E-state index in [1.165, 1.54) is 18.2 Å². The summed E-state index contributed by atoms with van der Waals surface area (Å²) in [7, 11) is 3.88. The third-order valence-corrected chi connectivity index (χ3v) is 3.50. The van der Waals surface area contributed by atoms with Crippen LogP contribution in [0.5, 0.6) is 0 Å². The lowest BCUT2D eigenvalue weighted by Gasteiger charge is -2.30. The number of hydrogen-bond acceptors (Lipinski definition) is 4. The molecule has 1 atom stereocenters. The van der Waals surface area contributed by atoms with E-state index in [4.69, 9.17) is 16.3 Å². The molecule has 0 aliphatic heterocycles. The lowest BCUT2D eigenvalue weighted by molar-refractivity contribution is -0.151. The van der Waals surface area contributed by atoms with E-state index < -0.39 is 17.3 Å². The van der Waals surface area contributed by atoms with Crippen molar-refractivity contribution in [2.24, 2.45) is 0 Å². The minimum absolute atomic E-state index is 0.197. The summed E-state index contributed by atoms with van der Waals surface area (Å²) in [6.07, 6.45) is 0. The molecule has 118 valence electrons. The Hall–Kier alpha value is -1.17. The zero-order valence-corrected chi connectivity index (χ0v) is 13.6. The maximum Gasteiger partial charge on any atom is 0.330 e. The Morgan fingerprint density at radius 3 is 2.67 bits per heavy atom. The molecule has 6 heteroatoms. The van der Waals surface area contributed by atoms with Crippen LogP contribution in [0.15, 0.2) is 18.2 Å². The molecule has 0 aromatic heterocycles. The van der Waals surface area contributed by atoms with Crippen LogP contribution in [0, 0.1) is 5.82 Å². The van der Waals surface area contributed by atoms with Gasteiger partial charge < -0.3 is 9.64 Å². The summed E-state index contributed by atoms with van der Waals surface area (Å²) < 4.78 is 18.4. The Morgan fingerprint density at radius 1 is 1.48 bits per heavy atom. The Morgan fingerprint density at radius 2 is 2.14 bits per heavy atom. The van der Waals surface area contributed by atoms with Crippen molar-refractivity contribution in [3.05, 3.63) is 34.6 Å². The first-order valence-corrected chi connectivity index (χ1v) is 7.21. The van der Waals surface area contributed by atoms with Crippen molar-refractivity contribution in [3.8, 4) is 0 Å². The predicted molar refractivity (Wildman–Crippen MR) is 82.0 cm³/mol. The first-order valence-electron chi connectivity index (χ1n) is 6.83. The number of likely N-dealkylation sites (N-methyl/N-ethyl adjacent to an activating group) is 1. The summed E-state index contributed by atoms with van der Waals surface area (Å²) in [4.78, 5) is 14.3. The number of rotatable bonds is 7. The van der Waals surface area contributed by atoms with Crippen LogP contribution in [0.25, 0.3) is 0 Å². The van der Waals surface area contributed by atoms with Crippen LogP contribution in [-0.4, -0.2) is 44.7 Å². The van der Waals surface area contributed by atoms with E-state index in [9.17, 15) is 9.18 Å². The van der Waals surface area contributed by atoms with Crippen LogP contribution < -0.4 is 5.32 Å². The van der Waals surface area contributed by atoms with Gasteiger partial charge >= 0.3 is 5.97 Å². The molecule has 0 spiro atoms.